The molecule has 7 heteroatoms. The van der Waals surface area contributed by atoms with Crippen LogP contribution >= 0.6 is 23.4 Å². The van der Waals surface area contributed by atoms with E-state index in [9.17, 15) is 4.79 Å². The van der Waals surface area contributed by atoms with Crippen molar-refractivity contribution in [2.24, 2.45) is 0 Å². The average Bonchev–Trinajstić information content (AvgIpc) is 3.14. The Kier molecular flexibility index (Phi) is 5.24. The van der Waals surface area contributed by atoms with E-state index in [1.165, 1.54) is 0 Å². The number of halogens is 1. The molecule has 5 nitrogen and oxygen atoms in total. The number of carbonyl (C=O) groups is 1. The molecule has 1 saturated heterocycles. The zero-order chi connectivity index (χ0) is 17.9. The standard InChI is InChI=1S/C19H18ClN2O3S/c20-14-4-2-13(3-5-14)15-9-26-10-16(22-15)19(23)21-8-12-1-6-17-18(7-12)25-11-24-17/h1-7,10,15-16,22H,8-9,11H2,(H,21,23)/t15?,16-/m0/s1. The van der Waals surface area contributed by atoms with Gasteiger partial charge in [-0.15, -0.1) is 0 Å². The van der Waals surface area contributed by atoms with Gasteiger partial charge < -0.3 is 14.8 Å². The summed E-state index contributed by atoms with van der Waals surface area (Å²) in [5, 5.41) is 7.08. The minimum atomic E-state index is -0.344. The van der Waals surface area contributed by atoms with E-state index >= 15 is 0 Å². The SMILES string of the molecule is O=C(NCc1ccc2c(c1)OCO2)[C@@H]1[CH]SCC(c2ccc(Cl)cc2)N1. The highest BCUT2D eigenvalue weighted by Gasteiger charge is 2.28. The van der Waals surface area contributed by atoms with Crippen LogP contribution in [-0.4, -0.2) is 24.5 Å². The van der Waals surface area contributed by atoms with Gasteiger partial charge in [-0.25, -0.2) is 0 Å². The van der Waals surface area contributed by atoms with Crippen LogP contribution in [0.3, 0.4) is 0 Å². The summed E-state index contributed by atoms with van der Waals surface area (Å²) in [6.45, 7) is 0.688. The quantitative estimate of drug-likeness (QED) is 0.840. The molecule has 2 N–H and O–H groups in total. The Hall–Kier alpha value is -1.89. The van der Waals surface area contributed by atoms with Gasteiger partial charge in [-0.1, -0.05) is 29.8 Å². The van der Waals surface area contributed by atoms with Crippen molar-refractivity contribution in [3.8, 4) is 11.5 Å². The van der Waals surface area contributed by atoms with E-state index in [1.807, 2.05) is 48.2 Å². The molecule has 1 unspecified atom stereocenters. The first-order valence-electron chi connectivity index (χ1n) is 8.32. The Balaban J connectivity index is 1.34. The second-order valence-corrected chi connectivity index (χ2v) is 7.50. The minimum Gasteiger partial charge on any atom is -0.454 e. The summed E-state index contributed by atoms with van der Waals surface area (Å²) in [5.41, 5.74) is 2.10. The first kappa shape index (κ1) is 17.5. The molecular weight excluding hydrogens is 372 g/mol. The van der Waals surface area contributed by atoms with Gasteiger partial charge in [-0.2, -0.15) is 11.8 Å². The topological polar surface area (TPSA) is 59.6 Å². The van der Waals surface area contributed by atoms with E-state index in [0.29, 0.717) is 11.6 Å². The molecule has 0 aromatic heterocycles. The van der Waals surface area contributed by atoms with Crippen molar-refractivity contribution in [1.29, 1.82) is 0 Å². The first-order valence-corrected chi connectivity index (χ1v) is 9.74. The van der Waals surface area contributed by atoms with Gasteiger partial charge in [0.15, 0.2) is 11.5 Å². The van der Waals surface area contributed by atoms with Crippen LogP contribution in [0.5, 0.6) is 11.5 Å². The van der Waals surface area contributed by atoms with Crippen molar-refractivity contribution in [2.45, 2.75) is 18.6 Å². The summed E-state index contributed by atoms with van der Waals surface area (Å²) >= 11 is 7.61. The molecule has 1 radical (unpaired) electrons. The maximum absolute atomic E-state index is 12.5. The predicted octanol–water partition coefficient (Wildman–Crippen LogP) is 3.29. The molecule has 0 spiro atoms. The fourth-order valence-corrected chi connectivity index (χ4v) is 4.04. The van der Waals surface area contributed by atoms with Gasteiger partial charge in [0.2, 0.25) is 12.7 Å². The Morgan fingerprint density at radius 3 is 2.85 bits per heavy atom. The number of ether oxygens (including phenoxy) is 2. The lowest BCUT2D eigenvalue weighted by molar-refractivity contribution is -0.122. The van der Waals surface area contributed by atoms with Crippen molar-refractivity contribution in [3.05, 3.63) is 64.4 Å². The average molecular weight is 390 g/mol. The van der Waals surface area contributed by atoms with Gasteiger partial charge in [-0.05, 0) is 35.4 Å². The number of benzene rings is 2. The van der Waals surface area contributed by atoms with Crippen LogP contribution in [-0.2, 0) is 11.3 Å². The molecule has 2 aromatic carbocycles. The summed E-state index contributed by atoms with van der Waals surface area (Å²) in [7, 11) is 0. The van der Waals surface area contributed by atoms with E-state index in [2.05, 4.69) is 10.6 Å². The molecule has 2 aromatic rings. The summed E-state index contributed by atoms with van der Waals surface area (Å²) in [4.78, 5) is 12.5. The highest BCUT2D eigenvalue weighted by molar-refractivity contribution is 8.01. The first-order chi connectivity index (χ1) is 12.7. The molecule has 2 heterocycles. The summed E-state index contributed by atoms with van der Waals surface area (Å²) in [6, 6.07) is 13.2. The van der Waals surface area contributed by atoms with E-state index < -0.39 is 0 Å². The molecule has 0 aliphatic carbocycles. The van der Waals surface area contributed by atoms with Crippen molar-refractivity contribution < 1.29 is 14.3 Å². The monoisotopic (exact) mass is 389 g/mol. The molecule has 0 bridgehead atoms. The molecule has 1 amide bonds. The van der Waals surface area contributed by atoms with Crippen LogP contribution in [0.1, 0.15) is 17.2 Å². The fourth-order valence-electron chi connectivity index (χ4n) is 2.93. The van der Waals surface area contributed by atoms with Crippen LogP contribution in [0.2, 0.25) is 5.02 Å². The zero-order valence-corrected chi connectivity index (χ0v) is 15.5. The Morgan fingerprint density at radius 1 is 1.19 bits per heavy atom. The third kappa shape index (κ3) is 3.92. The van der Waals surface area contributed by atoms with Crippen LogP contribution in [0, 0.1) is 5.75 Å². The van der Waals surface area contributed by atoms with Crippen molar-refractivity contribution in [2.75, 3.05) is 12.5 Å². The van der Waals surface area contributed by atoms with Gasteiger partial charge >= 0.3 is 0 Å². The number of rotatable bonds is 4. The van der Waals surface area contributed by atoms with E-state index in [-0.39, 0.29) is 24.8 Å². The molecule has 1 fully saturated rings. The molecule has 2 aliphatic heterocycles. The fraction of sp³-hybridized carbons (Fsp3) is 0.263. The zero-order valence-electron chi connectivity index (χ0n) is 13.9. The lowest BCUT2D eigenvalue weighted by atomic mass is 10.1. The van der Waals surface area contributed by atoms with E-state index in [1.54, 1.807) is 11.8 Å². The smallest absolute Gasteiger partial charge is 0.238 e. The largest absolute Gasteiger partial charge is 0.454 e. The second kappa shape index (κ2) is 7.78. The van der Waals surface area contributed by atoms with E-state index in [4.69, 9.17) is 21.1 Å². The Labute approximate surface area is 161 Å². The number of carbonyl (C=O) groups excluding carboxylic acids is 1. The van der Waals surface area contributed by atoms with Crippen molar-refractivity contribution in [1.82, 2.24) is 10.6 Å². The lowest BCUT2D eigenvalue weighted by Crippen LogP contribution is -2.48. The molecule has 2 aliphatic rings. The summed E-state index contributed by atoms with van der Waals surface area (Å²) < 4.78 is 10.7. The van der Waals surface area contributed by atoms with Crippen LogP contribution in [0.4, 0.5) is 0 Å². The van der Waals surface area contributed by atoms with Crippen molar-refractivity contribution in [3.63, 3.8) is 0 Å². The van der Waals surface area contributed by atoms with Crippen LogP contribution in [0.25, 0.3) is 0 Å². The second-order valence-electron chi connectivity index (χ2n) is 6.12. The normalized spacial score (nSPS) is 21.4. The molecule has 4 rings (SSSR count). The lowest BCUT2D eigenvalue weighted by Gasteiger charge is -2.30. The number of thioether (sulfide) groups is 1. The van der Waals surface area contributed by atoms with Gasteiger partial charge in [-0.3, -0.25) is 10.1 Å². The Morgan fingerprint density at radius 2 is 2.00 bits per heavy atom. The van der Waals surface area contributed by atoms with Gasteiger partial charge in [0.1, 0.15) is 6.04 Å². The number of hydrogen-bond acceptors (Lipinski definition) is 5. The third-order valence-corrected chi connectivity index (χ3v) is 5.58. The number of fused-ring (bicyclic) bond motifs is 1. The van der Waals surface area contributed by atoms with E-state index in [0.717, 1.165) is 28.4 Å². The maximum atomic E-state index is 12.5. The van der Waals surface area contributed by atoms with Crippen LogP contribution in [0.15, 0.2) is 42.5 Å². The predicted molar refractivity (Wildman–Crippen MR) is 102 cm³/mol. The molecule has 2 atom stereocenters. The molecule has 135 valence electrons. The third-order valence-electron chi connectivity index (χ3n) is 4.33. The minimum absolute atomic E-state index is 0.0474. The van der Waals surface area contributed by atoms with Gasteiger partial charge in [0.25, 0.3) is 0 Å². The number of amides is 1. The number of nitrogens with one attached hydrogen (secondary N) is 2. The summed E-state index contributed by atoms with van der Waals surface area (Å²) in [5.74, 6) is 4.24. The highest BCUT2D eigenvalue weighted by Crippen LogP contribution is 2.32. The molecular formula is C19H18ClN2O3S. The molecule has 0 saturated carbocycles. The van der Waals surface area contributed by atoms with Gasteiger partial charge in [0.05, 0.1) is 0 Å². The Bertz CT molecular complexity index is 800. The summed E-state index contributed by atoms with van der Waals surface area (Å²) in [6.07, 6.45) is 0. The van der Waals surface area contributed by atoms with Crippen molar-refractivity contribution >= 4 is 29.3 Å². The number of hydrogen-bond donors (Lipinski definition) is 2. The van der Waals surface area contributed by atoms with Crippen LogP contribution < -0.4 is 20.1 Å². The van der Waals surface area contributed by atoms with Gasteiger partial charge in [0, 0.05) is 29.1 Å². The molecule has 26 heavy (non-hydrogen) atoms. The highest BCUT2D eigenvalue weighted by atomic mass is 35.5. The maximum Gasteiger partial charge on any atom is 0.238 e.